The summed E-state index contributed by atoms with van der Waals surface area (Å²) in [4.78, 5) is 13.2. The maximum atomic E-state index is 13.2. The van der Waals surface area contributed by atoms with Crippen molar-refractivity contribution in [2.75, 3.05) is 6.54 Å². The second kappa shape index (κ2) is 10.4. The van der Waals surface area contributed by atoms with Gasteiger partial charge in [-0.2, -0.15) is 0 Å². The molecule has 23 heavy (non-hydrogen) atoms. The van der Waals surface area contributed by atoms with Gasteiger partial charge < -0.3 is 5.32 Å². The van der Waals surface area contributed by atoms with E-state index in [0.717, 1.165) is 19.4 Å². The van der Waals surface area contributed by atoms with E-state index >= 15 is 0 Å². The van der Waals surface area contributed by atoms with Crippen molar-refractivity contribution in [3.05, 3.63) is 0 Å². The number of rotatable bonds is 12. The lowest BCUT2D eigenvalue weighted by atomic mass is 9.52. The quantitative estimate of drug-likeness (QED) is 0.452. The van der Waals surface area contributed by atoms with Gasteiger partial charge in [0.25, 0.3) is 0 Å². The van der Waals surface area contributed by atoms with E-state index in [9.17, 15) is 4.79 Å². The molecule has 1 aliphatic heterocycles. The zero-order valence-electron chi connectivity index (χ0n) is 16.3. The van der Waals surface area contributed by atoms with Crippen molar-refractivity contribution in [3.63, 3.8) is 0 Å². The minimum atomic E-state index is -0.0956. The predicted molar refractivity (Wildman–Crippen MR) is 101 cm³/mol. The maximum absolute atomic E-state index is 13.2. The third-order valence-electron chi connectivity index (χ3n) is 6.27. The summed E-state index contributed by atoms with van der Waals surface area (Å²) in [5, 5.41) is 3.26. The molecule has 0 aromatic rings. The van der Waals surface area contributed by atoms with Gasteiger partial charge in [-0.3, -0.25) is 4.79 Å². The summed E-state index contributed by atoms with van der Waals surface area (Å²) in [6, 6.07) is 0. The molecule has 0 aromatic carbocycles. The molecule has 0 atom stereocenters. The second-order valence-electron chi connectivity index (χ2n) is 7.78. The summed E-state index contributed by atoms with van der Waals surface area (Å²) in [6.45, 7) is 9.99. The molecular weight excluding hydrogens is 282 g/mol. The van der Waals surface area contributed by atoms with E-state index in [1.54, 1.807) is 0 Å². The Kier molecular flexibility index (Phi) is 9.24. The lowest BCUT2D eigenvalue weighted by Crippen LogP contribution is -2.58. The van der Waals surface area contributed by atoms with Crippen LogP contribution >= 0.6 is 0 Å². The lowest BCUT2D eigenvalue weighted by Gasteiger charge is -2.54. The Morgan fingerprint density at radius 2 is 1.22 bits per heavy atom. The van der Waals surface area contributed by atoms with Gasteiger partial charge in [0, 0.05) is 6.54 Å². The largest absolute Gasteiger partial charge is 0.356 e. The summed E-state index contributed by atoms with van der Waals surface area (Å²) in [6.07, 6.45) is 15.7. The molecule has 1 N–H and O–H groups in total. The van der Waals surface area contributed by atoms with Crippen LogP contribution in [0.15, 0.2) is 0 Å². The van der Waals surface area contributed by atoms with Crippen molar-refractivity contribution < 1.29 is 4.79 Å². The van der Waals surface area contributed by atoms with E-state index in [1.807, 2.05) is 0 Å². The zero-order chi connectivity index (χ0) is 17.2. The summed E-state index contributed by atoms with van der Waals surface area (Å²) >= 11 is 0. The van der Waals surface area contributed by atoms with Crippen LogP contribution < -0.4 is 5.32 Å². The highest BCUT2D eigenvalue weighted by Crippen LogP contribution is 2.57. The molecule has 0 aliphatic carbocycles. The van der Waals surface area contributed by atoms with Crippen LogP contribution in [0.4, 0.5) is 0 Å². The van der Waals surface area contributed by atoms with E-state index in [4.69, 9.17) is 0 Å². The second-order valence-corrected chi connectivity index (χ2v) is 7.78. The molecule has 1 heterocycles. The van der Waals surface area contributed by atoms with Gasteiger partial charge >= 0.3 is 0 Å². The van der Waals surface area contributed by atoms with Gasteiger partial charge in [-0.25, -0.2) is 0 Å². The topological polar surface area (TPSA) is 29.1 Å². The lowest BCUT2D eigenvalue weighted by molar-refractivity contribution is -0.150. The SMILES string of the molecule is CCCCC1(CCCC)CCNC(=O)C1(CCCC)CCCC. The summed E-state index contributed by atoms with van der Waals surface area (Å²) in [5.41, 5.74) is 0.160. The van der Waals surface area contributed by atoms with Gasteiger partial charge in [0.2, 0.25) is 5.91 Å². The van der Waals surface area contributed by atoms with E-state index in [-0.39, 0.29) is 10.8 Å². The van der Waals surface area contributed by atoms with Crippen LogP contribution in [0.25, 0.3) is 0 Å². The van der Waals surface area contributed by atoms with Crippen molar-refractivity contribution in [2.24, 2.45) is 10.8 Å². The number of unbranched alkanes of at least 4 members (excludes halogenated alkanes) is 4. The molecule has 2 heteroatoms. The standard InChI is InChI=1S/C21H41NO/c1-5-9-13-20(14-10-6-2)17-18-22-19(23)21(20,15-11-7-3)16-12-8-4/h5-18H2,1-4H3,(H,22,23). The highest BCUT2D eigenvalue weighted by molar-refractivity contribution is 5.84. The molecule has 1 fully saturated rings. The summed E-state index contributed by atoms with van der Waals surface area (Å²) < 4.78 is 0. The number of amides is 1. The zero-order valence-corrected chi connectivity index (χ0v) is 16.3. The summed E-state index contributed by atoms with van der Waals surface area (Å²) in [5.74, 6) is 0.387. The minimum Gasteiger partial charge on any atom is -0.356 e. The Morgan fingerprint density at radius 3 is 1.65 bits per heavy atom. The van der Waals surface area contributed by atoms with E-state index < -0.39 is 0 Å². The predicted octanol–water partition coefficient (Wildman–Crippen LogP) is 6.24. The van der Waals surface area contributed by atoms with Crippen LogP contribution in [0.5, 0.6) is 0 Å². The van der Waals surface area contributed by atoms with Gasteiger partial charge in [-0.05, 0) is 37.5 Å². The fourth-order valence-corrected chi connectivity index (χ4v) is 4.79. The van der Waals surface area contributed by atoms with E-state index in [0.29, 0.717) is 5.91 Å². The summed E-state index contributed by atoms with van der Waals surface area (Å²) in [7, 11) is 0. The number of carbonyl (C=O) groups excluding carboxylic acids is 1. The normalized spacial score (nSPS) is 19.6. The first-order valence-corrected chi connectivity index (χ1v) is 10.4. The van der Waals surface area contributed by atoms with Crippen molar-refractivity contribution in [2.45, 2.75) is 111 Å². The van der Waals surface area contributed by atoms with Gasteiger partial charge in [0.15, 0.2) is 0 Å². The van der Waals surface area contributed by atoms with Crippen molar-refractivity contribution >= 4 is 5.91 Å². The fourth-order valence-electron chi connectivity index (χ4n) is 4.79. The molecular formula is C21H41NO. The van der Waals surface area contributed by atoms with E-state index in [2.05, 4.69) is 33.0 Å². The minimum absolute atomic E-state index is 0.0956. The molecule has 0 unspecified atom stereocenters. The van der Waals surface area contributed by atoms with Crippen LogP contribution in [0.1, 0.15) is 111 Å². The number of hydrogen-bond acceptors (Lipinski definition) is 1. The fraction of sp³-hybridized carbons (Fsp3) is 0.952. The van der Waals surface area contributed by atoms with Gasteiger partial charge in [0.05, 0.1) is 5.41 Å². The number of carbonyl (C=O) groups is 1. The highest BCUT2D eigenvalue weighted by atomic mass is 16.2. The molecule has 0 bridgehead atoms. The van der Waals surface area contributed by atoms with Crippen LogP contribution in [0.2, 0.25) is 0 Å². The average molecular weight is 324 g/mol. The molecule has 0 spiro atoms. The number of piperidine rings is 1. The van der Waals surface area contributed by atoms with Crippen molar-refractivity contribution in [1.82, 2.24) is 5.32 Å². The Morgan fingerprint density at radius 1 is 0.783 bits per heavy atom. The van der Waals surface area contributed by atoms with Crippen molar-refractivity contribution in [3.8, 4) is 0 Å². The third kappa shape index (κ3) is 4.73. The number of nitrogens with one attached hydrogen (secondary N) is 1. The van der Waals surface area contributed by atoms with Crippen LogP contribution in [-0.2, 0) is 4.79 Å². The molecule has 0 aromatic heterocycles. The molecule has 1 rings (SSSR count). The molecule has 1 aliphatic rings. The molecule has 0 saturated carbocycles. The molecule has 0 radical (unpaired) electrons. The molecule has 1 amide bonds. The Bertz CT molecular complexity index is 321. The van der Waals surface area contributed by atoms with Crippen LogP contribution in [0.3, 0.4) is 0 Å². The van der Waals surface area contributed by atoms with E-state index in [1.165, 1.54) is 70.6 Å². The first-order chi connectivity index (χ1) is 11.1. The molecule has 1 saturated heterocycles. The van der Waals surface area contributed by atoms with Gasteiger partial charge in [0.1, 0.15) is 0 Å². The van der Waals surface area contributed by atoms with Gasteiger partial charge in [-0.1, -0.05) is 79.1 Å². The van der Waals surface area contributed by atoms with Crippen LogP contribution in [-0.4, -0.2) is 12.5 Å². The van der Waals surface area contributed by atoms with Crippen molar-refractivity contribution in [1.29, 1.82) is 0 Å². The molecule has 136 valence electrons. The van der Waals surface area contributed by atoms with Crippen LogP contribution in [0, 0.1) is 10.8 Å². The maximum Gasteiger partial charge on any atom is 0.226 e. The first kappa shape index (κ1) is 20.5. The highest BCUT2D eigenvalue weighted by Gasteiger charge is 2.55. The van der Waals surface area contributed by atoms with Gasteiger partial charge in [-0.15, -0.1) is 0 Å². The average Bonchev–Trinajstić information content (AvgIpc) is 2.57. The third-order valence-corrected chi connectivity index (χ3v) is 6.27. The molecule has 2 nitrogen and oxygen atoms in total. The monoisotopic (exact) mass is 323 g/mol. The Hall–Kier alpha value is -0.530. The first-order valence-electron chi connectivity index (χ1n) is 10.4. The number of hydrogen-bond donors (Lipinski definition) is 1. The Labute approximate surface area is 145 Å². The Balaban J connectivity index is 3.19. The smallest absolute Gasteiger partial charge is 0.226 e.